The largest absolute Gasteiger partial charge is 0.409 e. The third kappa shape index (κ3) is 5.21. The van der Waals surface area contributed by atoms with E-state index in [4.69, 9.17) is 10.9 Å². The van der Waals surface area contributed by atoms with Crippen LogP contribution in [0.2, 0.25) is 0 Å². The van der Waals surface area contributed by atoms with Gasteiger partial charge in [-0.25, -0.2) is 0 Å². The summed E-state index contributed by atoms with van der Waals surface area (Å²) in [5.41, 5.74) is 6.80. The maximum Gasteiger partial charge on any atom is 0.144 e. The Morgan fingerprint density at radius 1 is 1.30 bits per heavy atom. The van der Waals surface area contributed by atoms with E-state index in [9.17, 15) is 0 Å². The first-order valence-corrected chi connectivity index (χ1v) is 7.24. The molecule has 4 heteroatoms. The fraction of sp³-hybridized carbons (Fsp3) is 0.562. The Kier molecular flexibility index (Phi) is 6.52. The summed E-state index contributed by atoms with van der Waals surface area (Å²) in [7, 11) is 0. The minimum Gasteiger partial charge on any atom is -0.409 e. The van der Waals surface area contributed by atoms with Crippen LogP contribution in [0.15, 0.2) is 35.5 Å². The molecular weight excluding hydrogens is 250 g/mol. The maximum absolute atomic E-state index is 8.77. The normalized spacial score (nSPS) is 12.9. The third-order valence-corrected chi connectivity index (χ3v) is 3.77. The molecule has 0 atom stereocenters. The van der Waals surface area contributed by atoms with Crippen LogP contribution < -0.4 is 5.73 Å². The van der Waals surface area contributed by atoms with Gasteiger partial charge in [-0.1, -0.05) is 56.3 Å². The molecule has 0 heterocycles. The molecule has 0 aliphatic heterocycles. The lowest BCUT2D eigenvalue weighted by atomic mass is 9.86. The molecule has 1 rings (SSSR count). The van der Waals surface area contributed by atoms with E-state index in [0.29, 0.717) is 5.84 Å². The summed E-state index contributed by atoms with van der Waals surface area (Å²) in [6.45, 7) is 9.22. The molecule has 3 N–H and O–H groups in total. The molecule has 0 amide bonds. The minimum atomic E-state index is -0.249. The number of benzene rings is 1. The molecule has 20 heavy (non-hydrogen) atoms. The molecule has 0 saturated carbocycles. The first-order chi connectivity index (χ1) is 9.49. The van der Waals surface area contributed by atoms with E-state index in [1.54, 1.807) is 0 Å². The highest BCUT2D eigenvalue weighted by atomic mass is 16.4. The highest BCUT2D eigenvalue weighted by molar-refractivity contribution is 5.85. The lowest BCUT2D eigenvalue weighted by molar-refractivity contribution is 0.258. The number of hydrogen-bond acceptors (Lipinski definition) is 3. The summed E-state index contributed by atoms with van der Waals surface area (Å²) in [4.78, 5) is 2.41. The predicted octanol–water partition coefficient (Wildman–Crippen LogP) is 3.06. The number of nitrogens with zero attached hydrogens (tertiary/aromatic N) is 2. The molecule has 0 radical (unpaired) electrons. The zero-order valence-corrected chi connectivity index (χ0v) is 12.8. The highest BCUT2D eigenvalue weighted by Gasteiger charge is 2.23. The average molecular weight is 277 g/mol. The Morgan fingerprint density at radius 3 is 2.50 bits per heavy atom. The summed E-state index contributed by atoms with van der Waals surface area (Å²) >= 11 is 0. The monoisotopic (exact) mass is 277 g/mol. The zero-order valence-electron chi connectivity index (χ0n) is 12.8. The van der Waals surface area contributed by atoms with E-state index in [1.807, 2.05) is 19.9 Å². The van der Waals surface area contributed by atoms with Gasteiger partial charge in [0.15, 0.2) is 0 Å². The van der Waals surface area contributed by atoms with Gasteiger partial charge in [-0.3, -0.25) is 4.90 Å². The van der Waals surface area contributed by atoms with Crippen LogP contribution in [-0.2, 0) is 6.54 Å². The van der Waals surface area contributed by atoms with Crippen molar-refractivity contribution in [1.82, 2.24) is 4.90 Å². The van der Waals surface area contributed by atoms with Crippen molar-refractivity contribution in [3.8, 4) is 0 Å². The first-order valence-electron chi connectivity index (χ1n) is 7.24. The number of oxime groups is 1. The minimum absolute atomic E-state index is 0.249. The van der Waals surface area contributed by atoms with Gasteiger partial charge in [-0.05, 0) is 31.5 Å². The van der Waals surface area contributed by atoms with Gasteiger partial charge < -0.3 is 10.9 Å². The fourth-order valence-electron chi connectivity index (χ4n) is 2.20. The lowest BCUT2D eigenvalue weighted by Crippen LogP contribution is -2.33. The molecule has 0 bridgehead atoms. The second-order valence-corrected chi connectivity index (χ2v) is 5.83. The van der Waals surface area contributed by atoms with Gasteiger partial charge in [0, 0.05) is 12.0 Å². The van der Waals surface area contributed by atoms with Gasteiger partial charge in [0.1, 0.15) is 5.84 Å². The van der Waals surface area contributed by atoms with Crippen molar-refractivity contribution >= 4 is 5.84 Å². The van der Waals surface area contributed by atoms with Crippen molar-refractivity contribution in [1.29, 1.82) is 0 Å². The standard InChI is InChI=1S/C16H27N3O/c1-4-19(13-14-9-6-5-7-10-14)12-8-11-16(2,3)15(17)18-20/h5-7,9-10,20H,4,8,11-13H2,1-3H3,(H2,17,18). The van der Waals surface area contributed by atoms with Crippen LogP contribution in [0.1, 0.15) is 39.2 Å². The summed E-state index contributed by atoms with van der Waals surface area (Å²) in [6.07, 6.45) is 1.94. The molecule has 0 saturated heterocycles. The molecule has 0 aromatic heterocycles. The van der Waals surface area contributed by atoms with Crippen LogP contribution in [0.25, 0.3) is 0 Å². The van der Waals surface area contributed by atoms with Gasteiger partial charge >= 0.3 is 0 Å². The van der Waals surface area contributed by atoms with Gasteiger partial charge in [0.05, 0.1) is 0 Å². The van der Waals surface area contributed by atoms with Crippen molar-refractivity contribution < 1.29 is 5.21 Å². The van der Waals surface area contributed by atoms with Crippen molar-refractivity contribution in [3.63, 3.8) is 0 Å². The van der Waals surface area contributed by atoms with Crippen molar-refractivity contribution in [2.45, 2.75) is 40.2 Å². The number of nitrogens with two attached hydrogens (primary N) is 1. The summed E-state index contributed by atoms with van der Waals surface area (Å²) in [5.74, 6) is 0.309. The zero-order chi connectivity index (χ0) is 15.0. The van der Waals surface area contributed by atoms with Gasteiger partial charge in [0.25, 0.3) is 0 Å². The van der Waals surface area contributed by atoms with Crippen molar-refractivity contribution in [2.75, 3.05) is 13.1 Å². The van der Waals surface area contributed by atoms with Crippen LogP contribution >= 0.6 is 0 Å². The van der Waals surface area contributed by atoms with E-state index >= 15 is 0 Å². The topological polar surface area (TPSA) is 61.8 Å². The quantitative estimate of drug-likeness (QED) is 0.332. The highest BCUT2D eigenvalue weighted by Crippen LogP contribution is 2.22. The molecule has 0 aliphatic rings. The molecule has 0 spiro atoms. The summed E-state index contributed by atoms with van der Waals surface area (Å²) < 4.78 is 0. The van der Waals surface area contributed by atoms with Crippen LogP contribution in [0, 0.1) is 5.41 Å². The molecule has 112 valence electrons. The molecular formula is C16H27N3O. The molecule has 0 fully saturated rings. The van der Waals surface area contributed by atoms with Crippen LogP contribution in [0.3, 0.4) is 0 Å². The summed E-state index contributed by atoms with van der Waals surface area (Å²) in [5, 5.41) is 11.9. The van der Waals surface area contributed by atoms with Crippen LogP contribution in [0.4, 0.5) is 0 Å². The Morgan fingerprint density at radius 2 is 1.95 bits per heavy atom. The van der Waals surface area contributed by atoms with E-state index in [0.717, 1.165) is 32.5 Å². The Hall–Kier alpha value is -1.55. The van der Waals surface area contributed by atoms with Gasteiger partial charge in [0.2, 0.25) is 0 Å². The summed E-state index contributed by atoms with van der Waals surface area (Å²) in [6, 6.07) is 10.5. The van der Waals surface area contributed by atoms with Crippen LogP contribution in [0.5, 0.6) is 0 Å². The van der Waals surface area contributed by atoms with E-state index in [2.05, 4.69) is 41.2 Å². The second kappa shape index (κ2) is 7.90. The second-order valence-electron chi connectivity index (χ2n) is 5.83. The Labute approximate surface area is 122 Å². The number of amidine groups is 1. The average Bonchev–Trinajstić information content (AvgIpc) is 2.46. The first kappa shape index (κ1) is 16.5. The van der Waals surface area contributed by atoms with E-state index < -0.39 is 0 Å². The predicted molar refractivity (Wildman–Crippen MR) is 83.8 cm³/mol. The van der Waals surface area contributed by atoms with Crippen molar-refractivity contribution in [3.05, 3.63) is 35.9 Å². The van der Waals surface area contributed by atoms with Crippen molar-refractivity contribution in [2.24, 2.45) is 16.3 Å². The molecule has 1 aromatic carbocycles. The molecule has 1 aromatic rings. The SMILES string of the molecule is CCN(CCCC(C)(C)C(N)=NO)Cc1ccccc1. The number of rotatable bonds is 8. The molecule has 0 aliphatic carbocycles. The van der Waals surface area contributed by atoms with Gasteiger partial charge in [-0.2, -0.15) is 0 Å². The fourth-order valence-corrected chi connectivity index (χ4v) is 2.20. The molecule has 0 unspecified atom stereocenters. The maximum atomic E-state index is 8.77. The van der Waals surface area contributed by atoms with Crippen LogP contribution in [-0.4, -0.2) is 29.0 Å². The number of hydrogen-bond donors (Lipinski definition) is 2. The molecule has 4 nitrogen and oxygen atoms in total. The third-order valence-electron chi connectivity index (χ3n) is 3.77. The Bertz CT molecular complexity index is 415. The smallest absolute Gasteiger partial charge is 0.144 e. The van der Waals surface area contributed by atoms with E-state index in [-0.39, 0.29) is 5.41 Å². The van der Waals surface area contributed by atoms with E-state index in [1.165, 1.54) is 5.56 Å². The van der Waals surface area contributed by atoms with Gasteiger partial charge in [-0.15, -0.1) is 0 Å². The Balaban J connectivity index is 2.43. The lowest BCUT2D eigenvalue weighted by Gasteiger charge is -2.25.